The molecule has 0 aliphatic carbocycles. The fourth-order valence-corrected chi connectivity index (χ4v) is 2.62. The number of hydrogen-bond acceptors (Lipinski definition) is 4. The van der Waals surface area contributed by atoms with Gasteiger partial charge in [0.15, 0.2) is 0 Å². The highest BCUT2D eigenvalue weighted by Gasteiger charge is 2.31. The molecule has 1 aromatic rings. The third-order valence-corrected chi connectivity index (χ3v) is 3.47. The molecule has 0 bridgehead atoms. The van der Waals surface area contributed by atoms with E-state index in [4.69, 9.17) is 9.47 Å². The number of carbonyl (C=O) groups is 1. The zero-order valence-electron chi connectivity index (χ0n) is 11.8. The summed E-state index contributed by atoms with van der Waals surface area (Å²) in [4.78, 5) is 13.8. The van der Waals surface area contributed by atoms with E-state index in [1.54, 1.807) is 12.1 Å². The van der Waals surface area contributed by atoms with E-state index in [2.05, 4.69) is 18.9 Å². The van der Waals surface area contributed by atoms with Crippen molar-refractivity contribution in [2.45, 2.75) is 25.4 Å². The van der Waals surface area contributed by atoms with Gasteiger partial charge in [-0.05, 0) is 51.6 Å². The summed E-state index contributed by atoms with van der Waals surface area (Å²) < 4.78 is 10.8. The Morgan fingerprint density at radius 2 is 2.21 bits per heavy atom. The number of likely N-dealkylation sites (N-methyl/N-ethyl adjacent to an activating group) is 1. The first-order valence-corrected chi connectivity index (χ1v) is 6.58. The van der Waals surface area contributed by atoms with Crippen LogP contribution in [0.25, 0.3) is 0 Å². The van der Waals surface area contributed by atoms with Gasteiger partial charge in [-0.25, -0.2) is 4.79 Å². The van der Waals surface area contributed by atoms with E-state index in [9.17, 15) is 4.79 Å². The van der Waals surface area contributed by atoms with E-state index < -0.39 is 0 Å². The Balaban J connectivity index is 2.12. The van der Waals surface area contributed by atoms with Crippen molar-refractivity contribution in [3.05, 3.63) is 29.8 Å². The van der Waals surface area contributed by atoms with Gasteiger partial charge in [-0.1, -0.05) is 6.07 Å². The third kappa shape index (κ3) is 3.47. The molecule has 1 fully saturated rings. The maximum absolute atomic E-state index is 11.5. The van der Waals surface area contributed by atoms with E-state index in [1.807, 2.05) is 12.1 Å². The minimum Gasteiger partial charge on any atom is -0.486 e. The lowest BCUT2D eigenvalue weighted by molar-refractivity contribution is 0.0154. The number of esters is 1. The van der Waals surface area contributed by atoms with Gasteiger partial charge in [0, 0.05) is 6.54 Å². The van der Waals surface area contributed by atoms with Gasteiger partial charge >= 0.3 is 5.97 Å². The lowest BCUT2D eigenvalue weighted by Crippen LogP contribution is -2.48. The van der Waals surface area contributed by atoms with Crippen molar-refractivity contribution in [1.29, 1.82) is 0 Å². The molecule has 0 saturated carbocycles. The van der Waals surface area contributed by atoms with Gasteiger partial charge in [-0.3, -0.25) is 0 Å². The van der Waals surface area contributed by atoms with Gasteiger partial charge in [-0.2, -0.15) is 0 Å². The number of methoxy groups -OCH3 is 1. The molecule has 104 valence electrons. The van der Waals surface area contributed by atoms with E-state index in [0.29, 0.717) is 5.56 Å². The summed E-state index contributed by atoms with van der Waals surface area (Å²) in [5, 5.41) is 0. The number of likely N-dealkylation sites (tertiary alicyclic amines) is 1. The van der Waals surface area contributed by atoms with Crippen molar-refractivity contribution in [3.8, 4) is 5.75 Å². The molecule has 1 atom stereocenters. The van der Waals surface area contributed by atoms with Gasteiger partial charge in [0.1, 0.15) is 11.4 Å². The first-order valence-electron chi connectivity index (χ1n) is 6.58. The molecule has 2 rings (SSSR count). The smallest absolute Gasteiger partial charge is 0.337 e. The summed E-state index contributed by atoms with van der Waals surface area (Å²) >= 11 is 0. The van der Waals surface area contributed by atoms with Gasteiger partial charge in [0.25, 0.3) is 0 Å². The number of hydrogen-bond donors (Lipinski definition) is 0. The second-order valence-electron chi connectivity index (χ2n) is 5.41. The van der Waals surface area contributed by atoms with Crippen LogP contribution in [0.5, 0.6) is 5.75 Å². The SMILES string of the molecule is COC(=O)c1cccc(OC2(C)CCCN(C)C2)c1. The second kappa shape index (κ2) is 5.61. The van der Waals surface area contributed by atoms with Crippen molar-refractivity contribution >= 4 is 5.97 Å². The molecular formula is C15H21NO3. The third-order valence-electron chi connectivity index (χ3n) is 3.47. The van der Waals surface area contributed by atoms with Crippen molar-refractivity contribution in [1.82, 2.24) is 4.90 Å². The van der Waals surface area contributed by atoms with E-state index in [1.165, 1.54) is 7.11 Å². The molecule has 1 aromatic carbocycles. The number of carbonyl (C=O) groups excluding carboxylic acids is 1. The Labute approximate surface area is 114 Å². The summed E-state index contributed by atoms with van der Waals surface area (Å²) in [6, 6.07) is 7.17. The zero-order chi connectivity index (χ0) is 13.9. The van der Waals surface area contributed by atoms with Gasteiger partial charge in [-0.15, -0.1) is 0 Å². The Morgan fingerprint density at radius 1 is 1.42 bits per heavy atom. The summed E-state index contributed by atoms with van der Waals surface area (Å²) in [5.74, 6) is 0.386. The summed E-state index contributed by atoms with van der Waals surface area (Å²) in [7, 11) is 3.49. The van der Waals surface area contributed by atoms with Crippen molar-refractivity contribution in [2.75, 3.05) is 27.2 Å². The number of rotatable bonds is 3. The van der Waals surface area contributed by atoms with E-state index in [0.717, 1.165) is 31.7 Å². The van der Waals surface area contributed by atoms with Gasteiger partial charge in [0.05, 0.1) is 12.7 Å². The number of ether oxygens (including phenoxy) is 2. The molecule has 0 spiro atoms. The van der Waals surface area contributed by atoms with Crippen LogP contribution in [-0.4, -0.2) is 43.7 Å². The molecule has 1 aliphatic rings. The maximum Gasteiger partial charge on any atom is 0.337 e. The summed E-state index contributed by atoms with van der Waals surface area (Å²) in [6.45, 7) is 4.13. The molecule has 0 amide bonds. The molecule has 4 heteroatoms. The lowest BCUT2D eigenvalue weighted by Gasteiger charge is -2.39. The zero-order valence-corrected chi connectivity index (χ0v) is 11.8. The average molecular weight is 263 g/mol. The molecule has 1 aliphatic heterocycles. The second-order valence-corrected chi connectivity index (χ2v) is 5.41. The molecule has 0 N–H and O–H groups in total. The first-order chi connectivity index (χ1) is 9.02. The average Bonchev–Trinajstić information content (AvgIpc) is 2.37. The lowest BCUT2D eigenvalue weighted by atomic mass is 9.95. The fraction of sp³-hybridized carbons (Fsp3) is 0.533. The van der Waals surface area contributed by atoms with Gasteiger partial charge in [0.2, 0.25) is 0 Å². The highest BCUT2D eigenvalue weighted by Crippen LogP contribution is 2.27. The van der Waals surface area contributed by atoms with Gasteiger partial charge < -0.3 is 14.4 Å². The number of nitrogens with zero attached hydrogens (tertiary/aromatic N) is 1. The minimum atomic E-state index is -0.337. The van der Waals surface area contributed by atoms with Crippen molar-refractivity contribution in [3.63, 3.8) is 0 Å². The van der Waals surface area contributed by atoms with E-state index in [-0.39, 0.29) is 11.6 Å². The van der Waals surface area contributed by atoms with Crippen LogP contribution in [-0.2, 0) is 4.74 Å². The Bertz CT molecular complexity index is 460. The summed E-state index contributed by atoms with van der Waals surface area (Å²) in [6.07, 6.45) is 2.16. The number of piperidine rings is 1. The standard InChI is InChI=1S/C15H21NO3/c1-15(8-5-9-16(2)11-15)19-13-7-4-6-12(10-13)14(17)18-3/h4,6-7,10H,5,8-9,11H2,1-3H3. The monoisotopic (exact) mass is 263 g/mol. The molecular weight excluding hydrogens is 242 g/mol. The Morgan fingerprint density at radius 3 is 2.89 bits per heavy atom. The molecule has 1 saturated heterocycles. The number of benzene rings is 1. The molecule has 19 heavy (non-hydrogen) atoms. The molecule has 0 aromatic heterocycles. The first kappa shape index (κ1) is 13.9. The predicted molar refractivity (Wildman–Crippen MR) is 73.5 cm³/mol. The summed E-state index contributed by atoms with van der Waals surface area (Å²) in [5.41, 5.74) is 0.328. The maximum atomic E-state index is 11.5. The minimum absolute atomic E-state index is 0.193. The topological polar surface area (TPSA) is 38.8 Å². The Kier molecular flexibility index (Phi) is 4.10. The van der Waals surface area contributed by atoms with Crippen LogP contribution in [0, 0.1) is 0 Å². The quantitative estimate of drug-likeness (QED) is 0.785. The molecule has 0 radical (unpaired) electrons. The molecule has 1 heterocycles. The highest BCUT2D eigenvalue weighted by atomic mass is 16.5. The fourth-order valence-electron chi connectivity index (χ4n) is 2.62. The van der Waals surface area contributed by atoms with Crippen LogP contribution < -0.4 is 4.74 Å². The van der Waals surface area contributed by atoms with Crippen LogP contribution >= 0.6 is 0 Å². The Hall–Kier alpha value is -1.55. The predicted octanol–water partition coefficient (Wildman–Crippen LogP) is 2.34. The van der Waals surface area contributed by atoms with Crippen LogP contribution in [0.4, 0.5) is 0 Å². The van der Waals surface area contributed by atoms with Crippen LogP contribution in [0.2, 0.25) is 0 Å². The normalized spacial score (nSPS) is 23.9. The molecule has 1 unspecified atom stereocenters. The largest absolute Gasteiger partial charge is 0.486 e. The van der Waals surface area contributed by atoms with Crippen LogP contribution in [0.1, 0.15) is 30.1 Å². The van der Waals surface area contributed by atoms with Crippen molar-refractivity contribution < 1.29 is 14.3 Å². The van der Waals surface area contributed by atoms with Crippen LogP contribution in [0.15, 0.2) is 24.3 Å². The van der Waals surface area contributed by atoms with Crippen LogP contribution in [0.3, 0.4) is 0 Å². The molecule has 4 nitrogen and oxygen atoms in total. The van der Waals surface area contributed by atoms with Crippen molar-refractivity contribution in [2.24, 2.45) is 0 Å². The van der Waals surface area contributed by atoms with E-state index >= 15 is 0 Å². The highest BCUT2D eigenvalue weighted by molar-refractivity contribution is 5.89.